The van der Waals surface area contributed by atoms with Crippen LogP contribution in [0.15, 0.2) is 0 Å². The Hall–Kier alpha value is -1.71. The molecule has 9 N–H and O–H groups in total. The second-order valence-corrected chi connectivity index (χ2v) is 4.59. The molecule has 0 bridgehead atoms. The number of hydrogen-bond acceptors (Lipinski definition) is 6. The first kappa shape index (κ1) is 19.3. The first-order chi connectivity index (χ1) is 9.96. The number of carbonyl (C=O) groups is 3. The molecule has 0 heterocycles. The number of carboxylic acids is 1. The Kier molecular flexibility index (Phi) is 10.1. The van der Waals surface area contributed by atoms with Crippen LogP contribution in [-0.2, 0) is 14.4 Å². The Morgan fingerprint density at radius 3 is 1.86 bits per heavy atom. The van der Waals surface area contributed by atoms with Crippen LogP contribution in [0.1, 0.15) is 25.7 Å². The van der Waals surface area contributed by atoms with Crippen molar-refractivity contribution in [2.75, 3.05) is 19.6 Å². The molecule has 0 aliphatic carbocycles. The van der Waals surface area contributed by atoms with Crippen molar-refractivity contribution in [3.05, 3.63) is 0 Å². The highest BCUT2D eigenvalue weighted by Crippen LogP contribution is 2.01. The molecule has 9 nitrogen and oxygen atoms in total. The number of aliphatic carboxylic acids is 1. The molecular formula is C12H25N5O4. The quantitative estimate of drug-likeness (QED) is 0.244. The number of carboxylic acid groups (broad SMARTS) is 1. The van der Waals surface area contributed by atoms with Crippen LogP contribution in [0.5, 0.6) is 0 Å². The van der Waals surface area contributed by atoms with Crippen molar-refractivity contribution < 1.29 is 19.5 Å². The minimum atomic E-state index is -1.14. The molecule has 0 aliphatic rings. The molecule has 9 heteroatoms. The average Bonchev–Trinajstić information content (AvgIpc) is 2.46. The molecule has 0 spiro atoms. The van der Waals surface area contributed by atoms with Crippen LogP contribution < -0.4 is 27.8 Å². The summed E-state index contributed by atoms with van der Waals surface area (Å²) in [6, 6.07) is -1.87. The summed E-state index contributed by atoms with van der Waals surface area (Å²) < 4.78 is 0. The van der Waals surface area contributed by atoms with Crippen LogP contribution in [0.2, 0.25) is 0 Å². The molecule has 0 radical (unpaired) electrons. The van der Waals surface area contributed by atoms with Gasteiger partial charge in [-0.15, -0.1) is 0 Å². The zero-order chi connectivity index (χ0) is 16.3. The summed E-state index contributed by atoms with van der Waals surface area (Å²) in [5.74, 6) is -2.18. The summed E-state index contributed by atoms with van der Waals surface area (Å²) >= 11 is 0. The van der Waals surface area contributed by atoms with Crippen molar-refractivity contribution in [3.63, 3.8) is 0 Å². The van der Waals surface area contributed by atoms with E-state index in [1.165, 1.54) is 0 Å². The summed E-state index contributed by atoms with van der Waals surface area (Å²) in [6.45, 7) is 0.444. The molecule has 0 rings (SSSR count). The van der Waals surface area contributed by atoms with E-state index < -0.39 is 29.9 Å². The Balaban J connectivity index is 4.66. The lowest BCUT2D eigenvalue weighted by atomic mass is 10.1. The topological polar surface area (TPSA) is 174 Å². The van der Waals surface area contributed by atoms with Gasteiger partial charge in [0.2, 0.25) is 11.8 Å². The van der Waals surface area contributed by atoms with E-state index in [0.29, 0.717) is 32.4 Å². The van der Waals surface area contributed by atoms with E-state index in [1.54, 1.807) is 0 Å². The van der Waals surface area contributed by atoms with Gasteiger partial charge in [-0.3, -0.25) is 9.59 Å². The fourth-order valence-corrected chi connectivity index (χ4v) is 1.70. The Bertz CT molecular complexity index is 351. The average molecular weight is 303 g/mol. The first-order valence-electron chi connectivity index (χ1n) is 6.89. The highest BCUT2D eigenvalue weighted by molar-refractivity contribution is 5.90. The summed E-state index contributed by atoms with van der Waals surface area (Å²) in [4.78, 5) is 34.5. The lowest BCUT2D eigenvalue weighted by molar-refractivity contribution is -0.142. The minimum Gasteiger partial charge on any atom is -0.480 e. The first-order valence-corrected chi connectivity index (χ1v) is 6.89. The lowest BCUT2D eigenvalue weighted by Crippen LogP contribution is -2.52. The number of hydrogen-bond donors (Lipinski definition) is 6. The predicted molar refractivity (Wildman–Crippen MR) is 77.1 cm³/mol. The van der Waals surface area contributed by atoms with Gasteiger partial charge in [0.15, 0.2) is 0 Å². The third kappa shape index (κ3) is 8.23. The molecule has 2 atom stereocenters. The molecule has 122 valence electrons. The number of nitrogens with one attached hydrogen (secondary N) is 2. The maximum atomic E-state index is 12.1. The van der Waals surface area contributed by atoms with Gasteiger partial charge in [0.05, 0.1) is 6.54 Å². The van der Waals surface area contributed by atoms with Crippen molar-refractivity contribution in [3.8, 4) is 0 Å². The van der Waals surface area contributed by atoms with E-state index in [0.717, 1.165) is 0 Å². The molecule has 21 heavy (non-hydrogen) atoms. The van der Waals surface area contributed by atoms with Crippen molar-refractivity contribution in [1.82, 2.24) is 10.6 Å². The van der Waals surface area contributed by atoms with Gasteiger partial charge in [-0.25, -0.2) is 4.79 Å². The lowest BCUT2D eigenvalue weighted by Gasteiger charge is -2.21. The normalized spacial score (nSPS) is 13.3. The molecule has 0 aliphatic heterocycles. The van der Waals surface area contributed by atoms with Gasteiger partial charge in [-0.2, -0.15) is 0 Å². The zero-order valence-corrected chi connectivity index (χ0v) is 12.0. The van der Waals surface area contributed by atoms with Gasteiger partial charge in [-0.05, 0) is 38.8 Å². The van der Waals surface area contributed by atoms with Crippen molar-refractivity contribution >= 4 is 17.8 Å². The van der Waals surface area contributed by atoms with E-state index in [2.05, 4.69) is 10.6 Å². The van der Waals surface area contributed by atoms with Gasteiger partial charge in [-0.1, -0.05) is 0 Å². The summed E-state index contributed by atoms with van der Waals surface area (Å²) in [5.41, 5.74) is 15.9. The number of amides is 2. The monoisotopic (exact) mass is 303 g/mol. The minimum absolute atomic E-state index is 0.228. The molecule has 0 saturated carbocycles. The van der Waals surface area contributed by atoms with Gasteiger partial charge in [0.25, 0.3) is 0 Å². The maximum Gasteiger partial charge on any atom is 0.326 e. The fraction of sp³-hybridized carbons (Fsp3) is 0.750. The Morgan fingerprint density at radius 1 is 0.905 bits per heavy atom. The van der Waals surface area contributed by atoms with Crippen LogP contribution in [0.4, 0.5) is 0 Å². The molecule has 0 saturated heterocycles. The molecular weight excluding hydrogens is 278 g/mol. The largest absolute Gasteiger partial charge is 0.480 e. The van der Waals surface area contributed by atoms with E-state index in [4.69, 9.17) is 22.3 Å². The van der Waals surface area contributed by atoms with Crippen molar-refractivity contribution in [2.45, 2.75) is 37.8 Å². The van der Waals surface area contributed by atoms with Crippen LogP contribution in [0.25, 0.3) is 0 Å². The molecule has 0 fully saturated rings. The number of rotatable bonds is 11. The van der Waals surface area contributed by atoms with Gasteiger partial charge >= 0.3 is 5.97 Å². The van der Waals surface area contributed by atoms with Gasteiger partial charge < -0.3 is 32.9 Å². The molecule has 0 aromatic heterocycles. The Morgan fingerprint density at radius 2 is 1.43 bits per heavy atom. The van der Waals surface area contributed by atoms with Crippen LogP contribution in [0, 0.1) is 0 Å². The van der Waals surface area contributed by atoms with Crippen LogP contribution in [-0.4, -0.2) is 54.6 Å². The van der Waals surface area contributed by atoms with Gasteiger partial charge in [0, 0.05) is 0 Å². The molecule has 2 amide bonds. The van der Waals surface area contributed by atoms with Crippen LogP contribution in [0.3, 0.4) is 0 Å². The van der Waals surface area contributed by atoms with E-state index in [-0.39, 0.29) is 13.0 Å². The summed E-state index contributed by atoms with van der Waals surface area (Å²) in [7, 11) is 0. The predicted octanol–water partition coefficient (Wildman–Crippen LogP) is -2.52. The standard InChI is InChI=1S/C12H25N5O4/c13-5-1-3-8(16-10(18)7-15)11(19)17-9(12(20)21)4-2-6-14/h8-9H,1-7,13-15H2,(H,16,18)(H,17,19)(H,20,21)/t8-,9-/m1/s1. The summed E-state index contributed by atoms with van der Waals surface area (Å²) in [5, 5.41) is 13.9. The second kappa shape index (κ2) is 11.0. The van der Waals surface area contributed by atoms with Crippen molar-refractivity contribution in [2.24, 2.45) is 17.2 Å². The molecule has 0 unspecified atom stereocenters. The second-order valence-electron chi connectivity index (χ2n) is 4.59. The van der Waals surface area contributed by atoms with Crippen LogP contribution >= 0.6 is 0 Å². The molecule has 0 aromatic rings. The number of nitrogens with two attached hydrogens (primary N) is 3. The maximum absolute atomic E-state index is 12.1. The smallest absolute Gasteiger partial charge is 0.326 e. The highest BCUT2D eigenvalue weighted by Gasteiger charge is 2.25. The fourth-order valence-electron chi connectivity index (χ4n) is 1.70. The van der Waals surface area contributed by atoms with E-state index in [9.17, 15) is 14.4 Å². The summed E-state index contributed by atoms with van der Waals surface area (Å²) in [6.07, 6.45) is 1.53. The van der Waals surface area contributed by atoms with Crippen molar-refractivity contribution in [1.29, 1.82) is 0 Å². The van der Waals surface area contributed by atoms with E-state index >= 15 is 0 Å². The third-order valence-corrected chi connectivity index (χ3v) is 2.85. The number of carbonyl (C=O) groups excluding carboxylic acids is 2. The highest BCUT2D eigenvalue weighted by atomic mass is 16.4. The van der Waals surface area contributed by atoms with E-state index in [1.807, 2.05) is 0 Å². The third-order valence-electron chi connectivity index (χ3n) is 2.85. The zero-order valence-electron chi connectivity index (χ0n) is 12.0. The SMILES string of the molecule is NCCC[C@@H](NC(=O)[C@@H](CCCN)NC(=O)CN)C(=O)O. The molecule has 0 aromatic carbocycles. The van der Waals surface area contributed by atoms with Gasteiger partial charge in [0.1, 0.15) is 12.1 Å². The Labute approximate surface area is 123 Å².